The van der Waals surface area contributed by atoms with Gasteiger partial charge in [-0.15, -0.1) is 6.42 Å². The summed E-state index contributed by atoms with van der Waals surface area (Å²) in [4.78, 5) is 50.9. The number of nitrogens with one attached hydrogen (secondary N) is 4. The van der Waals surface area contributed by atoms with Gasteiger partial charge >= 0.3 is 0 Å². The lowest BCUT2D eigenvalue weighted by molar-refractivity contribution is -0.126. The lowest BCUT2D eigenvalue weighted by Gasteiger charge is -2.32. The van der Waals surface area contributed by atoms with Crippen molar-refractivity contribution in [2.45, 2.75) is 52.5 Å². The zero-order valence-corrected chi connectivity index (χ0v) is 22.8. The zero-order valence-electron chi connectivity index (χ0n) is 22.8. The summed E-state index contributed by atoms with van der Waals surface area (Å²) in [6.07, 6.45) is 6.16. The van der Waals surface area contributed by atoms with Gasteiger partial charge in [0.2, 0.25) is 11.8 Å². The van der Waals surface area contributed by atoms with Crippen LogP contribution in [0.5, 0.6) is 0 Å². The van der Waals surface area contributed by atoms with Crippen LogP contribution in [-0.4, -0.2) is 35.3 Å². The molecule has 3 amide bonds. The minimum absolute atomic E-state index is 0.0535. The van der Waals surface area contributed by atoms with Gasteiger partial charge < -0.3 is 16.0 Å². The van der Waals surface area contributed by atoms with Crippen molar-refractivity contribution in [3.8, 4) is 12.3 Å². The predicted molar refractivity (Wildman–Crippen MR) is 153 cm³/mol. The quantitative estimate of drug-likeness (QED) is 0.318. The molecular weight excluding hydrogens is 506 g/mol. The normalized spacial score (nSPS) is 17.8. The van der Waals surface area contributed by atoms with E-state index >= 15 is 0 Å². The molecule has 0 fully saturated rings. The van der Waals surface area contributed by atoms with Gasteiger partial charge in [0.25, 0.3) is 5.91 Å². The van der Waals surface area contributed by atoms with E-state index in [1.807, 2.05) is 39.0 Å². The summed E-state index contributed by atoms with van der Waals surface area (Å²) in [7, 11) is 0. The molecule has 2 atom stereocenters. The third-order valence-corrected chi connectivity index (χ3v) is 6.92. The molecule has 204 valence electrons. The Morgan fingerprint density at radius 2 is 1.75 bits per heavy atom. The fourth-order valence-corrected chi connectivity index (χ4v) is 4.73. The van der Waals surface area contributed by atoms with E-state index in [1.165, 1.54) is 0 Å². The van der Waals surface area contributed by atoms with Crippen molar-refractivity contribution < 1.29 is 19.2 Å². The van der Waals surface area contributed by atoms with Crippen molar-refractivity contribution >= 4 is 34.9 Å². The number of nitrogens with zero attached hydrogens (tertiary/aromatic N) is 1. The number of carbonyl (C=O) groups is 4. The molecule has 2 aliphatic rings. The summed E-state index contributed by atoms with van der Waals surface area (Å²) in [6.45, 7) is 7.53. The van der Waals surface area contributed by atoms with Crippen molar-refractivity contribution in [3.63, 3.8) is 0 Å². The number of dihydropyridines is 1. The van der Waals surface area contributed by atoms with Crippen LogP contribution in [0.2, 0.25) is 0 Å². The fourth-order valence-electron chi connectivity index (χ4n) is 4.73. The first kappa shape index (κ1) is 28.0. The standard InChI is InChI=1S/C31H31N5O4/c1-6-17(3)32-30(39)26-18(4)33-19(5)27(28(26)22-10-8-9-20(7-2)15-22)31(40)34-23-13-11-21(12-14-23)29-24(37)16-25(38)35-36-29/h2,8-15,17,28,33H,6,16H2,1,3-5H3,(H,32,39)(H,34,40)(H,35,38). The van der Waals surface area contributed by atoms with Gasteiger partial charge in [0.1, 0.15) is 5.71 Å². The van der Waals surface area contributed by atoms with Crippen LogP contribution in [0, 0.1) is 12.3 Å². The predicted octanol–water partition coefficient (Wildman–Crippen LogP) is 3.25. The maximum atomic E-state index is 13.8. The molecule has 4 N–H and O–H groups in total. The number of Topliss-reactive ketones (excluding diaryl/α,β-unsaturated/α-hetero) is 1. The summed E-state index contributed by atoms with van der Waals surface area (Å²) < 4.78 is 0. The summed E-state index contributed by atoms with van der Waals surface area (Å²) in [5, 5.41) is 13.0. The second kappa shape index (κ2) is 11.8. The highest BCUT2D eigenvalue weighted by Gasteiger charge is 2.37. The second-order valence-corrected chi connectivity index (χ2v) is 9.81. The Bertz CT molecular complexity index is 1530. The molecule has 0 saturated heterocycles. The van der Waals surface area contributed by atoms with Gasteiger partial charge in [-0.05, 0) is 57.0 Å². The van der Waals surface area contributed by atoms with Gasteiger partial charge in [-0.3, -0.25) is 19.2 Å². The van der Waals surface area contributed by atoms with Gasteiger partial charge in [-0.1, -0.05) is 37.1 Å². The number of amides is 3. The van der Waals surface area contributed by atoms with E-state index in [9.17, 15) is 19.2 Å². The Labute approximate surface area is 233 Å². The lowest BCUT2D eigenvalue weighted by Crippen LogP contribution is -2.40. The highest BCUT2D eigenvalue weighted by atomic mass is 16.2. The second-order valence-electron chi connectivity index (χ2n) is 9.81. The number of hydrogen-bond acceptors (Lipinski definition) is 6. The number of hydrazone groups is 1. The number of carbonyl (C=O) groups excluding carboxylic acids is 4. The summed E-state index contributed by atoms with van der Waals surface area (Å²) >= 11 is 0. The molecule has 2 unspecified atom stereocenters. The summed E-state index contributed by atoms with van der Waals surface area (Å²) in [6, 6.07) is 13.8. The number of anilines is 1. The molecule has 2 aliphatic heterocycles. The van der Waals surface area contributed by atoms with Crippen molar-refractivity contribution in [1.82, 2.24) is 16.1 Å². The molecule has 0 saturated carbocycles. The minimum atomic E-state index is -0.671. The molecule has 2 heterocycles. The number of allylic oxidation sites excluding steroid dienone is 2. The van der Waals surface area contributed by atoms with E-state index in [-0.39, 0.29) is 29.9 Å². The number of ketones is 1. The minimum Gasteiger partial charge on any atom is -0.362 e. The van der Waals surface area contributed by atoms with Crippen LogP contribution in [-0.2, 0) is 19.2 Å². The Morgan fingerprint density at radius 3 is 2.38 bits per heavy atom. The number of terminal acetylenes is 1. The Kier molecular flexibility index (Phi) is 8.29. The summed E-state index contributed by atoms with van der Waals surface area (Å²) in [5.74, 6) is 0.473. The molecule has 0 bridgehead atoms. The first-order valence-corrected chi connectivity index (χ1v) is 13.0. The molecule has 2 aromatic rings. The van der Waals surface area contributed by atoms with E-state index in [4.69, 9.17) is 6.42 Å². The van der Waals surface area contributed by atoms with Crippen LogP contribution in [0.25, 0.3) is 0 Å². The van der Waals surface area contributed by atoms with Crippen LogP contribution in [0.1, 0.15) is 63.1 Å². The number of rotatable bonds is 7. The first-order valence-electron chi connectivity index (χ1n) is 13.0. The Balaban J connectivity index is 1.68. The van der Waals surface area contributed by atoms with Crippen LogP contribution < -0.4 is 21.4 Å². The third kappa shape index (κ3) is 5.86. The number of benzene rings is 2. The molecule has 0 aromatic heterocycles. The molecular formula is C31H31N5O4. The lowest BCUT2D eigenvalue weighted by atomic mass is 9.79. The molecule has 4 rings (SSSR count). The van der Waals surface area contributed by atoms with Crippen molar-refractivity contribution in [1.29, 1.82) is 0 Å². The van der Waals surface area contributed by atoms with Gasteiger partial charge in [0.05, 0.1) is 6.42 Å². The zero-order chi connectivity index (χ0) is 29.0. The maximum Gasteiger partial charge on any atom is 0.254 e. The van der Waals surface area contributed by atoms with E-state index in [1.54, 1.807) is 37.3 Å². The van der Waals surface area contributed by atoms with Crippen molar-refractivity contribution in [2.75, 3.05) is 5.32 Å². The van der Waals surface area contributed by atoms with Crippen LogP contribution >= 0.6 is 0 Å². The average Bonchev–Trinajstić information content (AvgIpc) is 2.93. The monoisotopic (exact) mass is 537 g/mol. The first-order chi connectivity index (χ1) is 19.1. The topological polar surface area (TPSA) is 129 Å². The van der Waals surface area contributed by atoms with Crippen LogP contribution in [0.3, 0.4) is 0 Å². The van der Waals surface area contributed by atoms with E-state index in [0.29, 0.717) is 39.4 Å². The van der Waals surface area contributed by atoms with Gasteiger partial charge in [-0.25, -0.2) is 5.43 Å². The smallest absolute Gasteiger partial charge is 0.254 e. The van der Waals surface area contributed by atoms with Crippen LogP contribution in [0.15, 0.2) is 76.2 Å². The fraction of sp³-hybridized carbons (Fsp3) is 0.258. The molecule has 0 aliphatic carbocycles. The van der Waals surface area contributed by atoms with Crippen molar-refractivity contribution in [2.24, 2.45) is 5.10 Å². The van der Waals surface area contributed by atoms with Gasteiger partial charge in [0, 0.05) is 51.3 Å². The molecule has 0 spiro atoms. The maximum absolute atomic E-state index is 13.8. The molecule has 9 heteroatoms. The highest BCUT2D eigenvalue weighted by molar-refractivity contribution is 6.49. The molecule has 0 radical (unpaired) electrons. The Hall–Kier alpha value is -4.97. The SMILES string of the molecule is C#Cc1cccc(C2C(C(=O)Nc3ccc(C4=NNC(=O)CC4=O)cc3)=C(C)NC(C)=C2C(=O)NC(C)CC)c1. The van der Waals surface area contributed by atoms with E-state index in [0.717, 1.165) is 12.0 Å². The highest BCUT2D eigenvalue weighted by Crippen LogP contribution is 2.39. The van der Waals surface area contributed by atoms with Crippen LogP contribution in [0.4, 0.5) is 5.69 Å². The largest absolute Gasteiger partial charge is 0.362 e. The summed E-state index contributed by atoms with van der Waals surface area (Å²) in [5.41, 5.74) is 6.91. The van der Waals surface area contributed by atoms with E-state index in [2.05, 4.69) is 32.4 Å². The number of hydrogen-bond donors (Lipinski definition) is 4. The molecule has 9 nitrogen and oxygen atoms in total. The average molecular weight is 538 g/mol. The molecule has 2 aromatic carbocycles. The molecule has 40 heavy (non-hydrogen) atoms. The van der Waals surface area contributed by atoms with Gasteiger partial charge in [-0.2, -0.15) is 5.10 Å². The van der Waals surface area contributed by atoms with Gasteiger partial charge in [0.15, 0.2) is 5.78 Å². The van der Waals surface area contributed by atoms with Crippen molar-refractivity contribution in [3.05, 3.63) is 87.8 Å². The van der Waals surface area contributed by atoms with E-state index < -0.39 is 17.7 Å². The third-order valence-electron chi connectivity index (χ3n) is 6.92. The Morgan fingerprint density at radius 1 is 1.07 bits per heavy atom.